The number of amides is 1. The van der Waals surface area contributed by atoms with Gasteiger partial charge in [0.1, 0.15) is 16.6 Å². The average molecular weight is 438 g/mol. The highest BCUT2D eigenvalue weighted by Gasteiger charge is 2.11. The van der Waals surface area contributed by atoms with Gasteiger partial charge in [-0.3, -0.25) is 4.79 Å². The molecule has 0 aliphatic heterocycles. The molecule has 1 amide bonds. The highest BCUT2D eigenvalue weighted by molar-refractivity contribution is 7.18. The van der Waals surface area contributed by atoms with E-state index in [0.717, 1.165) is 10.8 Å². The highest BCUT2D eigenvalue weighted by atomic mass is 32.1. The van der Waals surface area contributed by atoms with Crippen LogP contribution in [-0.2, 0) is 17.8 Å². The molecule has 2 N–H and O–H groups in total. The van der Waals surface area contributed by atoms with Crippen LogP contribution in [-0.4, -0.2) is 22.0 Å². The predicted molar refractivity (Wildman–Crippen MR) is 114 cm³/mol. The second kappa shape index (κ2) is 8.61. The Morgan fingerprint density at radius 3 is 2.48 bits per heavy atom. The van der Waals surface area contributed by atoms with Crippen LogP contribution >= 0.6 is 11.3 Å². The van der Waals surface area contributed by atoms with E-state index >= 15 is 0 Å². The summed E-state index contributed by atoms with van der Waals surface area (Å²) >= 11 is 1.33. The van der Waals surface area contributed by atoms with Gasteiger partial charge in [0.25, 0.3) is 0 Å². The first-order valence-corrected chi connectivity index (χ1v) is 10.1. The monoisotopic (exact) mass is 438 g/mol. The summed E-state index contributed by atoms with van der Waals surface area (Å²) in [6.07, 6.45) is 0.0713. The van der Waals surface area contributed by atoms with Crippen molar-refractivity contribution < 1.29 is 23.5 Å². The van der Waals surface area contributed by atoms with Gasteiger partial charge in [-0.15, -0.1) is 11.3 Å². The SMILES string of the molecule is O=C(Cc1nc2ccc(-c3cc(F)cc(F)c3)cc2s1)NCc1cccc(C(=O)O)c1. The van der Waals surface area contributed by atoms with Crippen LogP contribution in [0, 0.1) is 11.6 Å². The third kappa shape index (κ3) is 4.92. The number of rotatable bonds is 6. The average Bonchev–Trinajstić information content (AvgIpc) is 3.13. The lowest BCUT2D eigenvalue weighted by atomic mass is 10.1. The van der Waals surface area contributed by atoms with Crippen LogP contribution in [0.4, 0.5) is 8.78 Å². The Hall–Kier alpha value is -3.65. The smallest absolute Gasteiger partial charge is 0.335 e. The van der Waals surface area contributed by atoms with Gasteiger partial charge in [-0.2, -0.15) is 0 Å². The minimum absolute atomic E-state index is 0.0713. The number of thiazole rings is 1. The summed E-state index contributed by atoms with van der Waals surface area (Å²) < 4.78 is 27.8. The first kappa shape index (κ1) is 20.6. The number of hydrogen-bond acceptors (Lipinski definition) is 4. The largest absolute Gasteiger partial charge is 0.478 e. The molecule has 0 unspecified atom stereocenters. The van der Waals surface area contributed by atoms with Crippen molar-refractivity contribution in [3.05, 3.63) is 88.4 Å². The van der Waals surface area contributed by atoms with Gasteiger partial charge < -0.3 is 10.4 Å². The lowest BCUT2D eigenvalue weighted by Crippen LogP contribution is -2.24. The molecule has 31 heavy (non-hydrogen) atoms. The number of aromatic carboxylic acids is 1. The molecule has 3 aromatic carbocycles. The number of carboxylic acids is 1. The number of aromatic nitrogens is 1. The van der Waals surface area contributed by atoms with E-state index < -0.39 is 17.6 Å². The molecule has 0 atom stereocenters. The zero-order chi connectivity index (χ0) is 22.0. The van der Waals surface area contributed by atoms with E-state index in [2.05, 4.69) is 10.3 Å². The third-order valence-corrected chi connectivity index (χ3v) is 5.62. The van der Waals surface area contributed by atoms with Crippen LogP contribution in [0.25, 0.3) is 21.3 Å². The van der Waals surface area contributed by atoms with Crippen molar-refractivity contribution in [3.63, 3.8) is 0 Å². The molecular weight excluding hydrogens is 422 g/mol. The van der Waals surface area contributed by atoms with Crippen LogP contribution in [0.2, 0.25) is 0 Å². The van der Waals surface area contributed by atoms with Crippen LogP contribution in [0.1, 0.15) is 20.9 Å². The van der Waals surface area contributed by atoms with E-state index in [1.54, 1.807) is 30.3 Å². The maximum absolute atomic E-state index is 13.5. The van der Waals surface area contributed by atoms with Crippen molar-refractivity contribution in [2.75, 3.05) is 0 Å². The molecule has 5 nitrogen and oxygen atoms in total. The normalized spacial score (nSPS) is 10.9. The number of carboxylic acid groups (broad SMARTS) is 1. The van der Waals surface area contributed by atoms with Crippen molar-refractivity contribution in [1.82, 2.24) is 10.3 Å². The number of carbonyl (C=O) groups excluding carboxylic acids is 1. The molecule has 0 saturated heterocycles. The minimum Gasteiger partial charge on any atom is -0.478 e. The topological polar surface area (TPSA) is 79.3 Å². The Labute approximate surface area is 180 Å². The number of carbonyl (C=O) groups is 2. The summed E-state index contributed by atoms with van der Waals surface area (Å²) in [5.74, 6) is -2.56. The molecule has 1 aromatic heterocycles. The molecule has 0 fully saturated rings. The van der Waals surface area contributed by atoms with Gasteiger partial charge in [0, 0.05) is 12.6 Å². The van der Waals surface area contributed by atoms with E-state index in [-0.39, 0.29) is 24.4 Å². The lowest BCUT2D eigenvalue weighted by Gasteiger charge is -2.05. The van der Waals surface area contributed by atoms with Gasteiger partial charge in [0.2, 0.25) is 5.91 Å². The van der Waals surface area contributed by atoms with Gasteiger partial charge in [0.15, 0.2) is 0 Å². The Morgan fingerprint density at radius 1 is 0.968 bits per heavy atom. The number of halogens is 2. The van der Waals surface area contributed by atoms with Crippen LogP contribution in [0.15, 0.2) is 60.7 Å². The van der Waals surface area contributed by atoms with E-state index in [0.29, 0.717) is 27.2 Å². The summed E-state index contributed by atoms with van der Waals surface area (Å²) in [6.45, 7) is 0.208. The Kier molecular flexibility index (Phi) is 5.73. The molecule has 156 valence electrons. The molecular formula is C23H16F2N2O3S. The standard InChI is InChI=1S/C23H16F2N2O3S/c24-17-7-16(8-18(25)10-17)14-4-5-19-20(9-14)31-22(27-19)11-21(28)26-12-13-2-1-3-15(6-13)23(29)30/h1-10H,11-12H2,(H,26,28)(H,29,30). The number of fused-ring (bicyclic) bond motifs is 1. The molecule has 0 spiro atoms. The summed E-state index contributed by atoms with van der Waals surface area (Å²) in [5.41, 5.74) is 2.62. The molecule has 0 aliphatic rings. The van der Waals surface area contributed by atoms with E-state index in [9.17, 15) is 18.4 Å². The van der Waals surface area contributed by atoms with Crippen molar-refractivity contribution in [2.45, 2.75) is 13.0 Å². The van der Waals surface area contributed by atoms with Crippen molar-refractivity contribution in [3.8, 4) is 11.1 Å². The van der Waals surface area contributed by atoms with Crippen LogP contribution < -0.4 is 5.32 Å². The molecule has 0 radical (unpaired) electrons. The Bertz CT molecular complexity index is 1280. The lowest BCUT2D eigenvalue weighted by molar-refractivity contribution is -0.120. The molecule has 4 rings (SSSR count). The molecule has 0 bridgehead atoms. The summed E-state index contributed by atoms with van der Waals surface area (Å²) in [4.78, 5) is 27.8. The first-order valence-electron chi connectivity index (χ1n) is 9.32. The third-order valence-electron chi connectivity index (χ3n) is 4.60. The Morgan fingerprint density at radius 2 is 1.74 bits per heavy atom. The van der Waals surface area contributed by atoms with E-state index in [1.807, 2.05) is 0 Å². The molecule has 8 heteroatoms. The minimum atomic E-state index is -1.02. The number of nitrogens with one attached hydrogen (secondary N) is 1. The highest BCUT2D eigenvalue weighted by Crippen LogP contribution is 2.29. The number of benzene rings is 3. The van der Waals surface area contributed by atoms with Gasteiger partial charge in [-0.25, -0.2) is 18.6 Å². The molecule has 0 saturated carbocycles. The van der Waals surface area contributed by atoms with E-state index in [1.165, 1.54) is 35.6 Å². The summed E-state index contributed by atoms with van der Waals surface area (Å²) in [5, 5.41) is 12.4. The molecule has 0 aliphatic carbocycles. The first-order chi connectivity index (χ1) is 14.9. The predicted octanol–water partition coefficient (Wildman–Crippen LogP) is 4.80. The fourth-order valence-corrected chi connectivity index (χ4v) is 4.17. The summed E-state index contributed by atoms with van der Waals surface area (Å²) in [6, 6.07) is 15.0. The Balaban J connectivity index is 1.45. The second-order valence-electron chi connectivity index (χ2n) is 6.91. The van der Waals surface area contributed by atoms with Crippen molar-refractivity contribution >= 4 is 33.4 Å². The maximum Gasteiger partial charge on any atom is 0.335 e. The van der Waals surface area contributed by atoms with Crippen molar-refractivity contribution in [1.29, 1.82) is 0 Å². The number of hydrogen-bond donors (Lipinski definition) is 2. The molecule has 4 aromatic rings. The molecule has 1 heterocycles. The zero-order valence-electron chi connectivity index (χ0n) is 16.1. The zero-order valence-corrected chi connectivity index (χ0v) is 16.9. The van der Waals surface area contributed by atoms with Crippen LogP contribution in [0.3, 0.4) is 0 Å². The van der Waals surface area contributed by atoms with Crippen LogP contribution in [0.5, 0.6) is 0 Å². The summed E-state index contributed by atoms with van der Waals surface area (Å²) in [7, 11) is 0. The quantitative estimate of drug-likeness (QED) is 0.453. The van der Waals surface area contributed by atoms with Gasteiger partial charge in [-0.05, 0) is 53.1 Å². The maximum atomic E-state index is 13.5. The number of nitrogens with zero attached hydrogens (tertiary/aromatic N) is 1. The van der Waals surface area contributed by atoms with Gasteiger partial charge in [0.05, 0.1) is 22.2 Å². The van der Waals surface area contributed by atoms with Gasteiger partial charge >= 0.3 is 5.97 Å². The fourth-order valence-electron chi connectivity index (χ4n) is 3.16. The van der Waals surface area contributed by atoms with Gasteiger partial charge in [-0.1, -0.05) is 18.2 Å². The van der Waals surface area contributed by atoms with E-state index in [4.69, 9.17) is 5.11 Å². The second-order valence-corrected chi connectivity index (χ2v) is 8.02. The van der Waals surface area contributed by atoms with Crippen molar-refractivity contribution in [2.24, 2.45) is 0 Å². The fraction of sp³-hybridized carbons (Fsp3) is 0.0870.